The number of benzene rings is 1. The number of amides is 1. The Morgan fingerprint density at radius 2 is 1.93 bits per heavy atom. The molecule has 146 valence electrons. The first-order valence-electron chi connectivity index (χ1n) is 9.06. The molecule has 0 saturated carbocycles. The molecule has 0 atom stereocenters. The highest BCUT2D eigenvalue weighted by Crippen LogP contribution is 2.23. The van der Waals surface area contributed by atoms with E-state index in [1.807, 2.05) is 11.6 Å². The number of carbonyl (C=O) groups is 1. The van der Waals surface area contributed by atoms with Crippen LogP contribution in [0.1, 0.15) is 28.5 Å². The Hall–Kier alpha value is -2.48. The van der Waals surface area contributed by atoms with Gasteiger partial charge in [-0.3, -0.25) is 14.4 Å². The number of ether oxygens (including phenoxy) is 1. The molecule has 2 heterocycles. The number of para-hydroxylation sites is 1. The molecule has 0 bridgehead atoms. The van der Waals surface area contributed by atoms with E-state index in [0.29, 0.717) is 13.1 Å². The smallest absolute Gasteiger partial charge is 0.387 e. The molecule has 1 aromatic heterocycles. The summed E-state index contributed by atoms with van der Waals surface area (Å²) in [4.78, 5) is 16.7. The summed E-state index contributed by atoms with van der Waals surface area (Å²) in [6, 6.07) is 6.14. The second-order valence-corrected chi connectivity index (χ2v) is 6.54. The zero-order chi connectivity index (χ0) is 19.4. The van der Waals surface area contributed by atoms with Crippen molar-refractivity contribution in [2.75, 3.05) is 26.2 Å². The van der Waals surface area contributed by atoms with Crippen molar-refractivity contribution < 1.29 is 18.3 Å². The van der Waals surface area contributed by atoms with Gasteiger partial charge in [-0.05, 0) is 26.0 Å². The monoisotopic (exact) mass is 378 g/mol. The molecule has 2 aromatic rings. The van der Waals surface area contributed by atoms with Crippen LogP contribution in [0, 0.1) is 6.92 Å². The van der Waals surface area contributed by atoms with Gasteiger partial charge in [0.15, 0.2) is 0 Å². The van der Waals surface area contributed by atoms with Crippen LogP contribution in [0.2, 0.25) is 0 Å². The van der Waals surface area contributed by atoms with Crippen LogP contribution in [0.15, 0.2) is 30.5 Å². The highest BCUT2D eigenvalue weighted by Gasteiger charge is 2.25. The molecule has 8 heteroatoms. The molecule has 0 radical (unpaired) electrons. The van der Waals surface area contributed by atoms with Gasteiger partial charge in [-0.25, -0.2) is 0 Å². The second kappa shape index (κ2) is 8.47. The van der Waals surface area contributed by atoms with E-state index in [0.717, 1.165) is 31.9 Å². The van der Waals surface area contributed by atoms with E-state index in [1.54, 1.807) is 17.0 Å². The first-order valence-corrected chi connectivity index (χ1v) is 9.06. The maximum Gasteiger partial charge on any atom is 0.387 e. The molecule has 0 unspecified atom stereocenters. The first kappa shape index (κ1) is 19.3. The molecular weight excluding hydrogens is 354 g/mol. The number of hydrogen-bond donors (Lipinski definition) is 0. The lowest BCUT2D eigenvalue weighted by Crippen LogP contribution is -2.48. The molecule has 1 aliphatic heterocycles. The normalized spacial score (nSPS) is 15.4. The van der Waals surface area contributed by atoms with Gasteiger partial charge in [0.2, 0.25) is 0 Å². The van der Waals surface area contributed by atoms with Gasteiger partial charge in [-0.15, -0.1) is 0 Å². The number of carbonyl (C=O) groups excluding carboxylic acids is 1. The minimum Gasteiger partial charge on any atom is -0.434 e. The number of rotatable bonds is 6. The highest BCUT2D eigenvalue weighted by molar-refractivity contribution is 5.97. The number of nitrogens with zero attached hydrogens (tertiary/aromatic N) is 4. The van der Waals surface area contributed by atoms with Crippen LogP contribution >= 0.6 is 0 Å². The van der Waals surface area contributed by atoms with E-state index in [1.165, 1.54) is 17.7 Å². The van der Waals surface area contributed by atoms with E-state index < -0.39 is 6.61 Å². The average Bonchev–Trinajstić information content (AvgIpc) is 3.01. The van der Waals surface area contributed by atoms with Crippen molar-refractivity contribution in [3.8, 4) is 5.75 Å². The van der Waals surface area contributed by atoms with Gasteiger partial charge in [0.25, 0.3) is 5.91 Å². The first-order chi connectivity index (χ1) is 13.0. The van der Waals surface area contributed by atoms with Crippen molar-refractivity contribution in [3.05, 3.63) is 47.3 Å². The van der Waals surface area contributed by atoms with Crippen LogP contribution in [0.3, 0.4) is 0 Å². The fourth-order valence-corrected chi connectivity index (χ4v) is 3.24. The van der Waals surface area contributed by atoms with Crippen LogP contribution in [0.25, 0.3) is 0 Å². The topological polar surface area (TPSA) is 50.6 Å². The zero-order valence-corrected chi connectivity index (χ0v) is 15.6. The number of halogens is 2. The maximum atomic E-state index is 12.7. The lowest BCUT2D eigenvalue weighted by atomic mass is 10.1. The van der Waals surface area contributed by atoms with Gasteiger partial charge in [-0.1, -0.05) is 12.1 Å². The van der Waals surface area contributed by atoms with Gasteiger partial charge < -0.3 is 9.64 Å². The summed E-state index contributed by atoms with van der Waals surface area (Å²) in [5.41, 5.74) is 2.38. The van der Waals surface area contributed by atoms with E-state index in [9.17, 15) is 13.6 Å². The largest absolute Gasteiger partial charge is 0.434 e. The van der Waals surface area contributed by atoms with Crippen LogP contribution in [-0.2, 0) is 13.1 Å². The number of alkyl halides is 2. The van der Waals surface area contributed by atoms with Crippen molar-refractivity contribution in [3.63, 3.8) is 0 Å². The number of hydrogen-bond acceptors (Lipinski definition) is 4. The molecule has 1 fully saturated rings. The Balaban J connectivity index is 1.60. The van der Waals surface area contributed by atoms with Gasteiger partial charge in [0.1, 0.15) is 5.75 Å². The Bertz CT molecular complexity index is 786. The molecule has 3 rings (SSSR count). The third-order valence-corrected chi connectivity index (χ3v) is 4.76. The fourth-order valence-electron chi connectivity index (χ4n) is 3.24. The second-order valence-electron chi connectivity index (χ2n) is 6.54. The van der Waals surface area contributed by atoms with Gasteiger partial charge >= 0.3 is 6.61 Å². The number of piperazine rings is 1. The molecular formula is C19H24F2N4O2. The maximum absolute atomic E-state index is 12.7. The van der Waals surface area contributed by atoms with Crippen molar-refractivity contribution in [2.45, 2.75) is 33.5 Å². The van der Waals surface area contributed by atoms with Crippen molar-refractivity contribution >= 4 is 5.91 Å². The molecule has 1 saturated heterocycles. The zero-order valence-electron chi connectivity index (χ0n) is 15.6. The molecule has 0 aliphatic carbocycles. The summed E-state index contributed by atoms with van der Waals surface area (Å²) in [5.74, 6) is -0.358. The van der Waals surface area contributed by atoms with Crippen molar-refractivity contribution in [1.29, 1.82) is 0 Å². The predicted molar refractivity (Wildman–Crippen MR) is 96.9 cm³/mol. The molecule has 1 aliphatic rings. The number of aryl methyl sites for hydroxylation is 2. The summed E-state index contributed by atoms with van der Waals surface area (Å²) in [6.45, 7) is 5.26. The average molecular weight is 378 g/mol. The van der Waals surface area contributed by atoms with E-state index in [2.05, 4.69) is 27.9 Å². The van der Waals surface area contributed by atoms with Gasteiger partial charge in [-0.2, -0.15) is 13.9 Å². The molecule has 0 N–H and O–H groups in total. The Morgan fingerprint density at radius 1 is 1.22 bits per heavy atom. The molecule has 0 spiro atoms. The third kappa shape index (κ3) is 4.63. The summed E-state index contributed by atoms with van der Waals surface area (Å²) in [7, 11) is 0. The Kier molecular flexibility index (Phi) is 6.05. The third-order valence-electron chi connectivity index (χ3n) is 4.76. The van der Waals surface area contributed by atoms with Crippen molar-refractivity contribution in [2.24, 2.45) is 0 Å². The van der Waals surface area contributed by atoms with Crippen LogP contribution < -0.4 is 4.74 Å². The van der Waals surface area contributed by atoms with Crippen LogP contribution in [0.4, 0.5) is 8.78 Å². The Morgan fingerprint density at radius 3 is 2.56 bits per heavy atom. The highest BCUT2D eigenvalue weighted by atomic mass is 19.3. The molecule has 1 aromatic carbocycles. The lowest BCUT2D eigenvalue weighted by Gasteiger charge is -2.34. The predicted octanol–water partition coefficient (Wildman–Crippen LogP) is 2.77. The molecule has 6 nitrogen and oxygen atoms in total. The minimum absolute atomic E-state index is 0.0810. The van der Waals surface area contributed by atoms with Crippen LogP contribution in [-0.4, -0.2) is 58.3 Å². The fraction of sp³-hybridized carbons (Fsp3) is 0.474. The van der Waals surface area contributed by atoms with E-state index >= 15 is 0 Å². The summed E-state index contributed by atoms with van der Waals surface area (Å²) in [6.07, 6.45) is 2.06. The van der Waals surface area contributed by atoms with Crippen LogP contribution in [0.5, 0.6) is 5.75 Å². The van der Waals surface area contributed by atoms with E-state index in [-0.39, 0.29) is 17.2 Å². The van der Waals surface area contributed by atoms with E-state index in [4.69, 9.17) is 0 Å². The molecule has 1 amide bonds. The molecule has 27 heavy (non-hydrogen) atoms. The van der Waals surface area contributed by atoms with Gasteiger partial charge in [0, 0.05) is 51.0 Å². The van der Waals surface area contributed by atoms with Gasteiger partial charge in [0.05, 0.1) is 11.3 Å². The minimum atomic E-state index is -2.96. The quantitative estimate of drug-likeness (QED) is 0.776. The summed E-state index contributed by atoms with van der Waals surface area (Å²) in [5, 5.41) is 4.46. The number of aromatic nitrogens is 2. The standard InChI is InChI=1S/C19H24F2N4O2/c1-3-25-13-15(14(2)22-25)12-23-8-10-24(11-9-23)18(26)16-6-4-5-7-17(16)27-19(20)21/h4-7,13,19H,3,8-12H2,1-2H3. The van der Waals surface area contributed by atoms with Crippen molar-refractivity contribution in [1.82, 2.24) is 19.6 Å². The summed E-state index contributed by atoms with van der Waals surface area (Å²) < 4.78 is 31.5. The lowest BCUT2D eigenvalue weighted by molar-refractivity contribution is -0.0503. The summed E-state index contributed by atoms with van der Waals surface area (Å²) >= 11 is 0. The SMILES string of the molecule is CCn1cc(CN2CCN(C(=O)c3ccccc3OC(F)F)CC2)c(C)n1. The Labute approximate surface area is 157 Å².